The third-order valence-corrected chi connectivity index (χ3v) is 3.75. The summed E-state index contributed by atoms with van der Waals surface area (Å²) in [5.74, 6) is 0.216. The summed E-state index contributed by atoms with van der Waals surface area (Å²) >= 11 is 6.02. The Balaban J connectivity index is 2.02. The molecular weight excluding hydrogens is 266 g/mol. The second-order valence-corrected chi connectivity index (χ2v) is 4.98. The molecule has 0 radical (unpaired) electrons. The molecule has 0 atom stereocenters. The van der Waals surface area contributed by atoms with Gasteiger partial charge in [-0.05, 0) is 25.0 Å². The van der Waals surface area contributed by atoms with Crippen LogP contribution < -0.4 is 5.73 Å². The molecule has 0 saturated carbocycles. The van der Waals surface area contributed by atoms with Gasteiger partial charge in [0, 0.05) is 19.0 Å². The van der Waals surface area contributed by atoms with Crippen molar-refractivity contribution in [1.82, 2.24) is 4.90 Å². The number of hydrogen-bond donors (Lipinski definition) is 2. The topological polar surface area (TPSA) is 78.9 Å². The first-order valence-electron chi connectivity index (χ1n) is 6.14. The molecule has 0 unspecified atom stereocenters. The third kappa shape index (κ3) is 2.98. The van der Waals surface area contributed by atoms with Gasteiger partial charge in [0.05, 0.1) is 10.6 Å². The summed E-state index contributed by atoms with van der Waals surface area (Å²) in [4.78, 5) is 14.0. The van der Waals surface area contributed by atoms with Crippen LogP contribution in [0.15, 0.2) is 29.4 Å². The van der Waals surface area contributed by atoms with Crippen LogP contribution >= 0.6 is 11.6 Å². The van der Waals surface area contributed by atoms with Gasteiger partial charge in [0.2, 0.25) is 0 Å². The van der Waals surface area contributed by atoms with Crippen LogP contribution in [0.1, 0.15) is 23.2 Å². The molecule has 1 saturated heterocycles. The van der Waals surface area contributed by atoms with Crippen LogP contribution in [-0.2, 0) is 0 Å². The molecule has 19 heavy (non-hydrogen) atoms. The van der Waals surface area contributed by atoms with Crippen LogP contribution in [0.5, 0.6) is 0 Å². The Bertz CT molecular complexity index is 496. The maximum Gasteiger partial charge on any atom is 0.255 e. The Labute approximate surface area is 116 Å². The van der Waals surface area contributed by atoms with Gasteiger partial charge in [-0.1, -0.05) is 28.9 Å². The van der Waals surface area contributed by atoms with Crippen LogP contribution in [-0.4, -0.2) is 34.9 Å². The standard InChI is InChI=1S/C13H16ClN3O2/c14-11-4-2-1-3-10(11)13(18)17-7-5-9(6-8-17)12(15)16-19/h1-4,9,19H,5-8H2,(H2,15,16). The molecule has 1 aromatic rings. The highest BCUT2D eigenvalue weighted by atomic mass is 35.5. The van der Waals surface area contributed by atoms with Crippen molar-refractivity contribution >= 4 is 23.3 Å². The molecule has 0 bridgehead atoms. The lowest BCUT2D eigenvalue weighted by Gasteiger charge is -2.31. The van der Waals surface area contributed by atoms with E-state index in [-0.39, 0.29) is 17.7 Å². The summed E-state index contributed by atoms with van der Waals surface area (Å²) in [5.41, 5.74) is 6.10. The quantitative estimate of drug-likeness (QED) is 0.376. The number of nitrogens with zero attached hydrogens (tertiary/aromatic N) is 2. The first-order chi connectivity index (χ1) is 9.13. The number of likely N-dealkylation sites (tertiary alicyclic amines) is 1. The number of carbonyl (C=O) groups is 1. The van der Waals surface area contributed by atoms with Gasteiger partial charge in [-0.25, -0.2) is 0 Å². The van der Waals surface area contributed by atoms with Gasteiger partial charge in [0.1, 0.15) is 5.84 Å². The lowest BCUT2D eigenvalue weighted by atomic mass is 9.95. The maximum atomic E-state index is 12.3. The van der Waals surface area contributed by atoms with Crippen LogP contribution in [0.4, 0.5) is 0 Å². The van der Waals surface area contributed by atoms with Crippen molar-refractivity contribution in [3.05, 3.63) is 34.9 Å². The van der Waals surface area contributed by atoms with Gasteiger partial charge >= 0.3 is 0 Å². The molecule has 0 spiro atoms. The fraction of sp³-hybridized carbons (Fsp3) is 0.385. The molecule has 0 aliphatic carbocycles. The second-order valence-electron chi connectivity index (χ2n) is 4.57. The molecule has 6 heteroatoms. The number of amides is 1. The van der Waals surface area contributed by atoms with Crippen molar-refractivity contribution in [2.45, 2.75) is 12.8 Å². The third-order valence-electron chi connectivity index (χ3n) is 3.42. The minimum absolute atomic E-state index is 0.0419. The van der Waals surface area contributed by atoms with Crippen LogP contribution in [0.3, 0.4) is 0 Å². The predicted molar refractivity (Wildman–Crippen MR) is 73.5 cm³/mol. The number of nitrogens with two attached hydrogens (primary N) is 1. The number of benzene rings is 1. The van der Waals surface area contributed by atoms with Crippen molar-refractivity contribution in [2.24, 2.45) is 16.8 Å². The number of piperidine rings is 1. The molecule has 1 aliphatic rings. The smallest absolute Gasteiger partial charge is 0.255 e. The monoisotopic (exact) mass is 281 g/mol. The Kier molecular flexibility index (Phi) is 4.27. The van der Waals surface area contributed by atoms with E-state index < -0.39 is 0 Å². The van der Waals surface area contributed by atoms with Gasteiger partial charge in [-0.2, -0.15) is 0 Å². The average molecular weight is 282 g/mol. The summed E-state index contributed by atoms with van der Waals surface area (Å²) in [6.45, 7) is 1.18. The van der Waals surface area contributed by atoms with Crippen molar-refractivity contribution in [1.29, 1.82) is 0 Å². The average Bonchev–Trinajstić information content (AvgIpc) is 2.46. The highest BCUT2D eigenvalue weighted by molar-refractivity contribution is 6.33. The SMILES string of the molecule is NC(=NO)C1CCN(C(=O)c2ccccc2Cl)CC1. The molecule has 3 N–H and O–H groups in total. The van der Waals surface area contributed by atoms with Crippen molar-refractivity contribution in [3.63, 3.8) is 0 Å². The zero-order valence-corrected chi connectivity index (χ0v) is 11.2. The Morgan fingerprint density at radius 2 is 2.00 bits per heavy atom. The summed E-state index contributed by atoms with van der Waals surface area (Å²) in [7, 11) is 0. The molecule has 1 heterocycles. The van der Waals surface area contributed by atoms with Crippen molar-refractivity contribution in [3.8, 4) is 0 Å². The molecule has 0 aromatic heterocycles. The molecule has 1 aromatic carbocycles. The number of hydrogen-bond acceptors (Lipinski definition) is 3. The fourth-order valence-electron chi connectivity index (χ4n) is 2.26. The first kappa shape index (κ1) is 13.7. The molecule has 2 rings (SSSR count). The van der Waals surface area contributed by atoms with E-state index in [2.05, 4.69) is 5.16 Å². The molecule has 5 nitrogen and oxygen atoms in total. The lowest BCUT2D eigenvalue weighted by molar-refractivity contribution is 0.0709. The van der Waals surface area contributed by atoms with E-state index in [0.717, 1.165) is 0 Å². The number of rotatable bonds is 2. The molecule has 102 valence electrons. The van der Waals surface area contributed by atoms with Gasteiger partial charge in [0.25, 0.3) is 5.91 Å². The van der Waals surface area contributed by atoms with E-state index in [0.29, 0.717) is 36.5 Å². The molecule has 1 fully saturated rings. The molecule has 1 aliphatic heterocycles. The minimum atomic E-state index is -0.0661. The normalized spacial score (nSPS) is 17.5. The van der Waals surface area contributed by atoms with E-state index in [1.165, 1.54) is 0 Å². The molecule has 1 amide bonds. The van der Waals surface area contributed by atoms with Gasteiger partial charge in [0.15, 0.2) is 0 Å². The minimum Gasteiger partial charge on any atom is -0.409 e. The van der Waals surface area contributed by atoms with Crippen molar-refractivity contribution < 1.29 is 10.0 Å². The number of carbonyl (C=O) groups excluding carboxylic acids is 1. The predicted octanol–water partition coefficient (Wildman–Crippen LogP) is 1.94. The number of halogens is 1. The lowest BCUT2D eigenvalue weighted by Crippen LogP contribution is -2.41. The fourth-order valence-corrected chi connectivity index (χ4v) is 2.48. The number of amidine groups is 1. The zero-order valence-electron chi connectivity index (χ0n) is 10.4. The van der Waals surface area contributed by atoms with Gasteiger partial charge in [-0.15, -0.1) is 0 Å². The van der Waals surface area contributed by atoms with Gasteiger partial charge in [-0.3, -0.25) is 4.79 Å². The maximum absolute atomic E-state index is 12.3. The highest BCUT2D eigenvalue weighted by Gasteiger charge is 2.26. The first-order valence-corrected chi connectivity index (χ1v) is 6.52. The van der Waals surface area contributed by atoms with Crippen LogP contribution in [0.2, 0.25) is 5.02 Å². The summed E-state index contributed by atoms with van der Waals surface area (Å²) in [5, 5.41) is 12.1. The van der Waals surface area contributed by atoms with E-state index in [4.69, 9.17) is 22.5 Å². The summed E-state index contributed by atoms with van der Waals surface area (Å²) in [6.07, 6.45) is 1.40. The van der Waals surface area contributed by atoms with E-state index in [1.807, 2.05) is 0 Å². The largest absolute Gasteiger partial charge is 0.409 e. The van der Waals surface area contributed by atoms with E-state index in [1.54, 1.807) is 29.2 Å². The zero-order chi connectivity index (χ0) is 13.8. The summed E-state index contributed by atoms with van der Waals surface area (Å²) < 4.78 is 0. The van der Waals surface area contributed by atoms with Crippen LogP contribution in [0, 0.1) is 5.92 Å². The Hall–Kier alpha value is -1.75. The van der Waals surface area contributed by atoms with Crippen LogP contribution in [0.25, 0.3) is 0 Å². The van der Waals surface area contributed by atoms with Crippen molar-refractivity contribution in [2.75, 3.05) is 13.1 Å². The Morgan fingerprint density at radius 3 is 2.58 bits per heavy atom. The Morgan fingerprint density at radius 1 is 1.37 bits per heavy atom. The van der Waals surface area contributed by atoms with Gasteiger partial charge < -0.3 is 15.8 Å². The van der Waals surface area contributed by atoms with E-state index >= 15 is 0 Å². The number of oxime groups is 1. The second kappa shape index (κ2) is 5.93. The van der Waals surface area contributed by atoms with E-state index in [9.17, 15) is 4.79 Å². The highest BCUT2D eigenvalue weighted by Crippen LogP contribution is 2.22. The summed E-state index contributed by atoms with van der Waals surface area (Å²) in [6, 6.07) is 7.02. The molecular formula is C13H16ClN3O2.